The van der Waals surface area contributed by atoms with Crippen molar-refractivity contribution >= 4 is 41.3 Å². The summed E-state index contributed by atoms with van der Waals surface area (Å²) in [5, 5.41) is 6.79. The summed E-state index contributed by atoms with van der Waals surface area (Å²) in [4.78, 5) is 11.4. The first-order chi connectivity index (χ1) is 12.6. The summed E-state index contributed by atoms with van der Waals surface area (Å²) in [6, 6.07) is 8.68. The molecule has 3 rings (SSSR count). The van der Waals surface area contributed by atoms with Crippen LogP contribution in [0.2, 0.25) is 0 Å². The highest BCUT2D eigenvalue weighted by Crippen LogP contribution is 2.29. The molecule has 5 nitrogen and oxygen atoms in total. The number of guanidine groups is 1. The van der Waals surface area contributed by atoms with Crippen molar-refractivity contribution in [3.8, 4) is 5.88 Å². The standard InChI is InChI=1S/C20H28N4OS.HI/c1-14(10-18-8-4-15(2)26-18)24-20(21-3)23-12-17-7-9-19(22-11-17)25-13-16-5-6-16;/h4,7-9,11,14,16H,5-6,10,12-13H2,1-3H3,(H2,21,23,24);1H. The van der Waals surface area contributed by atoms with Gasteiger partial charge in [0.05, 0.1) is 6.61 Å². The number of nitrogens with zero attached hydrogens (tertiary/aromatic N) is 2. The van der Waals surface area contributed by atoms with Gasteiger partial charge >= 0.3 is 0 Å². The fourth-order valence-corrected chi connectivity index (χ4v) is 3.67. The molecule has 1 atom stereocenters. The van der Waals surface area contributed by atoms with E-state index < -0.39 is 0 Å². The number of ether oxygens (including phenoxy) is 1. The van der Waals surface area contributed by atoms with Gasteiger partial charge in [0.25, 0.3) is 0 Å². The van der Waals surface area contributed by atoms with Gasteiger partial charge in [0.2, 0.25) is 5.88 Å². The minimum absolute atomic E-state index is 0. The minimum Gasteiger partial charge on any atom is -0.477 e. The Morgan fingerprint density at radius 3 is 2.74 bits per heavy atom. The van der Waals surface area contributed by atoms with Crippen LogP contribution in [0.5, 0.6) is 5.88 Å². The number of hydrogen-bond acceptors (Lipinski definition) is 4. The van der Waals surface area contributed by atoms with Gasteiger partial charge in [0.15, 0.2) is 5.96 Å². The van der Waals surface area contributed by atoms with Crippen molar-refractivity contribution in [2.24, 2.45) is 10.9 Å². The van der Waals surface area contributed by atoms with Crippen molar-refractivity contribution in [3.05, 3.63) is 45.8 Å². The molecule has 1 fully saturated rings. The topological polar surface area (TPSA) is 58.5 Å². The van der Waals surface area contributed by atoms with Gasteiger partial charge in [-0.3, -0.25) is 4.99 Å². The molecule has 2 N–H and O–H groups in total. The van der Waals surface area contributed by atoms with E-state index in [-0.39, 0.29) is 24.0 Å². The maximum Gasteiger partial charge on any atom is 0.213 e. The van der Waals surface area contributed by atoms with E-state index in [0.29, 0.717) is 18.5 Å². The van der Waals surface area contributed by atoms with E-state index in [4.69, 9.17) is 4.74 Å². The van der Waals surface area contributed by atoms with Crippen LogP contribution in [0.15, 0.2) is 35.5 Å². The molecule has 27 heavy (non-hydrogen) atoms. The molecule has 0 aromatic carbocycles. The quantitative estimate of drug-likeness (QED) is 0.325. The summed E-state index contributed by atoms with van der Waals surface area (Å²) >= 11 is 1.85. The Morgan fingerprint density at radius 2 is 2.15 bits per heavy atom. The van der Waals surface area contributed by atoms with Crippen LogP contribution in [0.3, 0.4) is 0 Å². The zero-order chi connectivity index (χ0) is 18.4. The smallest absolute Gasteiger partial charge is 0.213 e. The van der Waals surface area contributed by atoms with Crippen molar-refractivity contribution < 1.29 is 4.74 Å². The van der Waals surface area contributed by atoms with E-state index in [0.717, 1.165) is 30.5 Å². The van der Waals surface area contributed by atoms with E-state index in [9.17, 15) is 0 Å². The fourth-order valence-electron chi connectivity index (χ4n) is 2.65. The van der Waals surface area contributed by atoms with Crippen LogP contribution in [0.4, 0.5) is 0 Å². The number of thiophene rings is 1. The van der Waals surface area contributed by atoms with E-state index in [2.05, 4.69) is 46.6 Å². The highest BCUT2D eigenvalue weighted by atomic mass is 127. The Hall–Kier alpha value is -1.35. The fraction of sp³-hybridized carbons (Fsp3) is 0.500. The Balaban J connectivity index is 0.00000261. The first-order valence-corrected chi connectivity index (χ1v) is 10.0. The molecule has 0 amide bonds. The lowest BCUT2D eigenvalue weighted by Crippen LogP contribution is -2.42. The van der Waals surface area contributed by atoms with E-state index in [1.165, 1.54) is 22.6 Å². The first-order valence-electron chi connectivity index (χ1n) is 9.22. The van der Waals surface area contributed by atoms with Crippen LogP contribution < -0.4 is 15.4 Å². The predicted molar refractivity (Wildman–Crippen MR) is 123 cm³/mol. The van der Waals surface area contributed by atoms with Gasteiger partial charge in [0, 0.05) is 48.1 Å². The lowest BCUT2D eigenvalue weighted by Gasteiger charge is -2.17. The van der Waals surface area contributed by atoms with Crippen molar-refractivity contribution in [2.45, 2.75) is 45.7 Å². The third kappa shape index (κ3) is 7.65. The molecule has 2 aromatic rings. The number of rotatable bonds is 8. The summed E-state index contributed by atoms with van der Waals surface area (Å²) in [7, 11) is 1.80. The normalized spacial score (nSPS) is 15.0. The highest BCUT2D eigenvalue weighted by Gasteiger charge is 2.22. The third-order valence-electron chi connectivity index (χ3n) is 4.33. The molecule has 2 aromatic heterocycles. The monoisotopic (exact) mass is 500 g/mol. The maximum atomic E-state index is 5.68. The molecule has 2 heterocycles. The summed E-state index contributed by atoms with van der Waals surface area (Å²) in [6.45, 7) is 5.79. The van der Waals surface area contributed by atoms with Crippen molar-refractivity contribution in [3.63, 3.8) is 0 Å². The molecule has 1 aliphatic rings. The van der Waals surface area contributed by atoms with Gasteiger partial charge in [-0.1, -0.05) is 6.07 Å². The van der Waals surface area contributed by atoms with Gasteiger partial charge in [-0.15, -0.1) is 35.3 Å². The van der Waals surface area contributed by atoms with Gasteiger partial charge in [0.1, 0.15) is 0 Å². The molecule has 7 heteroatoms. The van der Waals surface area contributed by atoms with Crippen LogP contribution in [-0.4, -0.2) is 30.6 Å². The van der Waals surface area contributed by atoms with E-state index in [1.54, 1.807) is 7.05 Å². The average molecular weight is 500 g/mol. The highest BCUT2D eigenvalue weighted by molar-refractivity contribution is 14.0. The molecular formula is C20H29IN4OS. The summed E-state index contributed by atoms with van der Waals surface area (Å²) in [6.07, 6.45) is 5.44. The Labute approximate surface area is 183 Å². The van der Waals surface area contributed by atoms with Gasteiger partial charge in [-0.05, 0) is 50.3 Å². The summed E-state index contributed by atoms with van der Waals surface area (Å²) < 4.78 is 5.68. The number of nitrogens with one attached hydrogen (secondary N) is 2. The molecule has 0 saturated heterocycles. The Morgan fingerprint density at radius 1 is 1.33 bits per heavy atom. The number of pyridine rings is 1. The van der Waals surface area contributed by atoms with Crippen molar-refractivity contribution in [1.82, 2.24) is 15.6 Å². The second-order valence-corrected chi connectivity index (χ2v) is 8.32. The Kier molecular flexibility index (Phi) is 8.82. The van der Waals surface area contributed by atoms with Crippen LogP contribution in [-0.2, 0) is 13.0 Å². The lowest BCUT2D eigenvalue weighted by molar-refractivity contribution is 0.288. The molecule has 1 unspecified atom stereocenters. The second-order valence-electron chi connectivity index (χ2n) is 6.95. The predicted octanol–water partition coefficient (Wildman–Crippen LogP) is 4.15. The summed E-state index contributed by atoms with van der Waals surface area (Å²) in [5.74, 6) is 2.26. The number of aromatic nitrogens is 1. The molecule has 0 spiro atoms. The van der Waals surface area contributed by atoms with Crippen LogP contribution >= 0.6 is 35.3 Å². The molecule has 1 saturated carbocycles. The molecule has 0 bridgehead atoms. The van der Waals surface area contributed by atoms with Crippen molar-refractivity contribution in [1.29, 1.82) is 0 Å². The maximum absolute atomic E-state index is 5.68. The first kappa shape index (κ1) is 21.9. The van der Waals surface area contributed by atoms with Crippen LogP contribution in [0.1, 0.15) is 35.1 Å². The van der Waals surface area contributed by atoms with Crippen molar-refractivity contribution in [2.75, 3.05) is 13.7 Å². The molecular weight excluding hydrogens is 471 g/mol. The van der Waals surface area contributed by atoms with E-state index in [1.807, 2.05) is 29.7 Å². The average Bonchev–Trinajstić information content (AvgIpc) is 3.39. The number of halogens is 1. The van der Waals surface area contributed by atoms with Gasteiger partial charge in [-0.25, -0.2) is 4.98 Å². The number of hydrogen-bond donors (Lipinski definition) is 2. The van der Waals surface area contributed by atoms with E-state index >= 15 is 0 Å². The molecule has 1 aliphatic carbocycles. The zero-order valence-corrected chi connectivity index (χ0v) is 19.3. The lowest BCUT2D eigenvalue weighted by atomic mass is 10.2. The molecule has 0 aliphatic heterocycles. The number of aryl methyl sites for hydroxylation is 1. The molecule has 0 radical (unpaired) electrons. The third-order valence-corrected chi connectivity index (χ3v) is 5.35. The molecule has 148 valence electrons. The Bertz CT molecular complexity index is 728. The SMILES string of the molecule is CN=C(NCc1ccc(OCC2CC2)nc1)NC(C)Cc1ccc(C)s1.I. The second kappa shape index (κ2) is 10.8. The van der Waals surface area contributed by atoms with Gasteiger partial charge < -0.3 is 15.4 Å². The van der Waals surface area contributed by atoms with Gasteiger partial charge in [-0.2, -0.15) is 0 Å². The zero-order valence-electron chi connectivity index (χ0n) is 16.2. The minimum atomic E-state index is 0. The van der Waals surface area contributed by atoms with Crippen LogP contribution in [0, 0.1) is 12.8 Å². The summed E-state index contributed by atoms with van der Waals surface area (Å²) in [5.41, 5.74) is 1.10. The number of aliphatic imine (C=N–C) groups is 1. The van der Waals surface area contributed by atoms with Crippen LogP contribution in [0.25, 0.3) is 0 Å². The largest absolute Gasteiger partial charge is 0.477 e.